The summed E-state index contributed by atoms with van der Waals surface area (Å²) in [6.45, 7) is 2.72. The maximum Gasteiger partial charge on any atom is 0.332 e. The van der Waals surface area contributed by atoms with Gasteiger partial charge in [0.05, 0.1) is 26.4 Å². The summed E-state index contributed by atoms with van der Waals surface area (Å²) in [6.07, 6.45) is 1.54. The summed E-state index contributed by atoms with van der Waals surface area (Å²) in [5.74, 6) is -0.669. The zero-order chi connectivity index (χ0) is 26.3. The first-order valence-electron chi connectivity index (χ1n) is 12.5. The molecule has 194 valence electrons. The second-order valence-electron chi connectivity index (χ2n) is 9.36. The van der Waals surface area contributed by atoms with Crippen molar-refractivity contribution in [2.24, 2.45) is 0 Å². The Balaban J connectivity index is 1.46. The second kappa shape index (κ2) is 11.9. The Hall–Kier alpha value is -3.84. The molecule has 0 radical (unpaired) electrons. The molecule has 0 saturated heterocycles. The van der Waals surface area contributed by atoms with Gasteiger partial charge in [0.1, 0.15) is 0 Å². The van der Waals surface area contributed by atoms with Gasteiger partial charge in [-0.15, -0.1) is 0 Å². The number of carboxylic acid groups (broad SMARTS) is 1. The third kappa shape index (κ3) is 6.30. The van der Waals surface area contributed by atoms with Crippen LogP contribution in [0.25, 0.3) is 0 Å². The fourth-order valence-electron chi connectivity index (χ4n) is 4.76. The number of carbonyl (C=O) groups is 2. The molecule has 37 heavy (non-hydrogen) atoms. The number of hydrogen-bond acceptors (Lipinski definition) is 5. The molecule has 7 nitrogen and oxygen atoms in total. The molecule has 1 aliphatic rings. The normalized spacial score (nSPS) is 18.8. The molecule has 1 amide bonds. The molecule has 0 aromatic heterocycles. The SMILES string of the molecule is COc1ccc(C(=O)NC2(C(=O)O)CCCC2OCc2ccccc2)cc1OCCc1cccc(C)c1. The van der Waals surface area contributed by atoms with E-state index in [2.05, 4.69) is 11.4 Å². The zero-order valence-corrected chi connectivity index (χ0v) is 21.2. The quantitative estimate of drug-likeness (QED) is 0.385. The zero-order valence-electron chi connectivity index (χ0n) is 21.2. The summed E-state index contributed by atoms with van der Waals surface area (Å²) in [4.78, 5) is 25.7. The molecule has 1 fully saturated rings. The van der Waals surface area contributed by atoms with E-state index < -0.39 is 23.5 Å². The van der Waals surface area contributed by atoms with Gasteiger partial charge < -0.3 is 24.6 Å². The molecular weight excluding hydrogens is 470 g/mol. The molecule has 2 unspecified atom stereocenters. The van der Waals surface area contributed by atoms with Crippen LogP contribution in [0.5, 0.6) is 11.5 Å². The van der Waals surface area contributed by atoms with Gasteiger partial charge in [-0.3, -0.25) is 4.79 Å². The number of ether oxygens (including phenoxy) is 3. The summed E-state index contributed by atoms with van der Waals surface area (Å²) >= 11 is 0. The molecular formula is C30H33NO6. The van der Waals surface area contributed by atoms with Gasteiger partial charge in [0, 0.05) is 12.0 Å². The number of nitrogens with one attached hydrogen (secondary N) is 1. The molecule has 1 aliphatic carbocycles. The molecule has 3 aromatic carbocycles. The third-order valence-electron chi connectivity index (χ3n) is 6.76. The highest BCUT2D eigenvalue weighted by atomic mass is 16.5. The lowest BCUT2D eigenvalue weighted by atomic mass is 9.94. The van der Waals surface area contributed by atoms with Crippen molar-refractivity contribution in [3.8, 4) is 11.5 Å². The Morgan fingerprint density at radius 2 is 1.78 bits per heavy atom. The Kier molecular flexibility index (Phi) is 8.46. The van der Waals surface area contributed by atoms with E-state index in [0.717, 1.165) is 11.1 Å². The second-order valence-corrected chi connectivity index (χ2v) is 9.36. The van der Waals surface area contributed by atoms with Crippen molar-refractivity contribution in [2.75, 3.05) is 13.7 Å². The molecule has 2 N–H and O–H groups in total. The summed E-state index contributed by atoms with van der Waals surface area (Å²) in [5, 5.41) is 13.0. The van der Waals surface area contributed by atoms with Crippen LogP contribution >= 0.6 is 0 Å². The number of rotatable bonds is 11. The average molecular weight is 504 g/mol. The molecule has 3 aromatic rings. The van der Waals surface area contributed by atoms with E-state index in [0.29, 0.717) is 49.4 Å². The van der Waals surface area contributed by atoms with E-state index in [1.54, 1.807) is 18.2 Å². The molecule has 7 heteroatoms. The maximum absolute atomic E-state index is 13.3. The fourth-order valence-corrected chi connectivity index (χ4v) is 4.76. The molecule has 2 atom stereocenters. The number of methoxy groups -OCH3 is 1. The lowest BCUT2D eigenvalue weighted by molar-refractivity contribution is -0.150. The molecule has 1 saturated carbocycles. The van der Waals surface area contributed by atoms with Gasteiger partial charge in [0.2, 0.25) is 0 Å². The summed E-state index contributed by atoms with van der Waals surface area (Å²) in [5.41, 5.74) is 2.07. The van der Waals surface area contributed by atoms with Gasteiger partial charge in [0.25, 0.3) is 5.91 Å². The van der Waals surface area contributed by atoms with Gasteiger partial charge >= 0.3 is 5.97 Å². The lowest BCUT2D eigenvalue weighted by Gasteiger charge is -2.32. The Morgan fingerprint density at radius 3 is 2.51 bits per heavy atom. The van der Waals surface area contributed by atoms with Gasteiger partial charge in [0.15, 0.2) is 17.0 Å². The highest BCUT2D eigenvalue weighted by Crippen LogP contribution is 2.35. The fraction of sp³-hybridized carbons (Fsp3) is 0.333. The highest BCUT2D eigenvalue weighted by molar-refractivity contribution is 5.98. The van der Waals surface area contributed by atoms with Crippen molar-refractivity contribution in [1.82, 2.24) is 5.32 Å². The van der Waals surface area contributed by atoms with E-state index in [1.807, 2.05) is 55.5 Å². The van der Waals surface area contributed by atoms with Crippen LogP contribution in [0, 0.1) is 6.92 Å². The minimum absolute atomic E-state index is 0.276. The van der Waals surface area contributed by atoms with Crippen LogP contribution in [-0.4, -0.2) is 42.3 Å². The molecule has 0 heterocycles. The van der Waals surface area contributed by atoms with E-state index >= 15 is 0 Å². The number of benzene rings is 3. The van der Waals surface area contributed by atoms with Crippen molar-refractivity contribution < 1.29 is 28.9 Å². The van der Waals surface area contributed by atoms with E-state index in [4.69, 9.17) is 14.2 Å². The summed E-state index contributed by atoms with van der Waals surface area (Å²) in [7, 11) is 1.54. The maximum atomic E-state index is 13.3. The van der Waals surface area contributed by atoms with Gasteiger partial charge in [-0.1, -0.05) is 60.2 Å². The Morgan fingerprint density at radius 1 is 1.00 bits per heavy atom. The first-order valence-corrected chi connectivity index (χ1v) is 12.5. The van der Waals surface area contributed by atoms with E-state index in [1.165, 1.54) is 12.7 Å². The number of aryl methyl sites for hydroxylation is 1. The van der Waals surface area contributed by atoms with E-state index in [9.17, 15) is 14.7 Å². The van der Waals surface area contributed by atoms with Gasteiger partial charge in [-0.25, -0.2) is 4.79 Å². The Bertz CT molecular complexity index is 1230. The summed E-state index contributed by atoms with van der Waals surface area (Å²) in [6, 6.07) is 22.6. The van der Waals surface area contributed by atoms with Crippen LogP contribution in [0.15, 0.2) is 72.8 Å². The van der Waals surface area contributed by atoms with Crippen molar-refractivity contribution >= 4 is 11.9 Å². The standard InChI is InChI=1S/C30H33NO6/c1-21-8-6-11-22(18-21)15-17-36-26-19-24(13-14-25(26)35-2)28(32)31-30(29(33)34)16-7-12-27(30)37-20-23-9-4-3-5-10-23/h3-6,8-11,13-14,18-19,27H,7,12,15-17,20H2,1-2H3,(H,31,32)(H,33,34). The van der Waals surface area contributed by atoms with Crippen LogP contribution in [0.1, 0.15) is 46.3 Å². The highest BCUT2D eigenvalue weighted by Gasteiger charge is 2.51. The molecule has 0 spiro atoms. The van der Waals surface area contributed by atoms with Crippen molar-refractivity contribution in [1.29, 1.82) is 0 Å². The third-order valence-corrected chi connectivity index (χ3v) is 6.76. The van der Waals surface area contributed by atoms with Crippen molar-refractivity contribution in [3.63, 3.8) is 0 Å². The predicted octanol–water partition coefficient (Wildman–Crippen LogP) is 4.95. The first kappa shape index (κ1) is 26.2. The van der Waals surface area contributed by atoms with Gasteiger partial charge in [-0.05, 0) is 55.5 Å². The Labute approximate surface area is 217 Å². The van der Waals surface area contributed by atoms with Crippen LogP contribution in [0.4, 0.5) is 0 Å². The number of carboxylic acids is 1. The smallest absolute Gasteiger partial charge is 0.332 e. The minimum atomic E-state index is -1.50. The molecule has 0 bridgehead atoms. The molecule has 0 aliphatic heterocycles. The minimum Gasteiger partial charge on any atom is -0.493 e. The van der Waals surface area contributed by atoms with Crippen molar-refractivity contribution in [2.45, 2.75) is 50.9 Å². The van der Waals surface area contributed by atoms with Gasteiger partial charge in [-0.2, -0.15) is 0 Å². The average Bonchev–Trinajstić information content (AvgIpc) is 3.31. The monoisotopic (exact) mass is 503 g/mol. The van der Waals surface area contributed by atoms with Crippen LogP contribution in [-0.2, 0) is 22.6 Å². The van der Waals surface area contributed by atoms with E-state index in [-0.39, 0.29) is 6.61 Å². The predicted molar refractivity (Wildman–Crippen MR) is 140 cm³/mol. The van der Waals surface area contributed by atoms with Crippen LogP contribution in [0.2, 0.25) is 0 Å². The topological polar surface area (TPSA) is 94.1 Å². The summed E-state index contributed by atoms with van der Waals surface area (Å²) < 4.78 is 17.4. The largest absolute Gasteiger partial charge is 0.493 e. The lowest BCUT2D eigenvalue weighted by Crippen LogP contribution is -2.60. The van der Waals surface area contributed by atoms with Crippen molar-refractivity contribution in [3.05, 3.63) is 95.1 Å². The van der Waals surface area contributed by atoms with Crippen LogP contribution in [0.3, 0.4) is 0 Å². The molecule has 4 rings (SSSR count). The number of aliphatic carboxylic acids is 1. The first-order chi connectivity index (χ1) is 17.9. The number of amides is 1. The van der Waals surface area contributed by atoms with Crippen LogP contribution < -0.4 is 14.8 Å². The number of carbonyl (C=O) groups excluding carboxylic acids is 1. The number of hydrogen-bond donors (Lipinski definition) is 2.